The topological polar surface area (TPSA) is 48.9 Å². The van der Waals surface area contributed by atoms with Crippen LogP contribution >= 0.6 is 0 Å². The number of hydrogen-bond acceptors (Lipinski definition) is 3. The van der Waals surface area contributed by atoms with Gasteiger partial charge in [-0.1, -0.05) is 19.1 Å². The molecule has 2 atom stereocenters. The Hall–Kier alpha value is -1.75. The van der Waals surface area contributed by atoms with E-state index in [0.29, 0.717) is 6.04 Å². The van der Waals surface area contributed by atoms with Gasteiger partial charge in [-0.15, -0.1) is 0 Å². The molecule has 1 fully saturated rings. The molecule has 0 aromatic heterocycles. The first-order chi connectivity index (χ1) is 11.1. The number of guanidine groups is 1. The minimum Gasteiger partial charge on any atom is -0.494 e. The zero-order valence-electron chi connectivity index (χ0n) is 14.8. The Morgan fingerprint density at radius 3 is 2.57 bits per heavy atom. The summed E-state index contributed by atoms with van der Waals surface area (Å²) in [7, 11) is 5.97. The van der Waals surface area contributed by atoms with E-state index in [1.165, 1.54) is 12.0 Å². The van der Waals surface area contributed by atoms with Crippen LogP contribution in [0.4, 0.5) is 0 Å². The largest absolute Gasteiger partial charge is 0.494 e. The van der Waals surface area contributed by atoms with E-state index in [1.54, 1.807) is 0 Å². The van der Waals surface area contributed by atoms with Gasteiger partial charge in [-0.2, -0.15) is 0 Å². The van der Waals surface area contributed by atoms with Crippen LogP contribution in [0.3, 0.4) is 0 Å². The first kappa shape index (κ1) is 17.6. The molecule has 1 aromatic carbocycles. The second kappa shape index (κ2) is 8.77. The highest BCUT2D eigenvalue weighted by molar-refractivity contribution is 5.80. The minimum atomic E-state index is 0.583. The molecule has 5 nitrogen and oxygen atoms in total. The molecular formula is C18H30N4O. The number of ether oxygens (including phenoxy) is 1. The van der Waals surface area contributed by atoms with Crippen molar-refractivity contribution in [3.63, 3.8) is 0 Å². The summed E-state index contributed by atoms with van der Waals surface area (Å²) in [4.78, 5) is 6.43. The molecule has 2 rings (SSSR count). The molecule has 23 heavy (non-hydrogen) atoms. The van der Waals surface area contributed by atoms with E-state index in [4.69, 9.17) is 4.74 Å². The lowest BCUT2D eigenvalue weighted by Gasteiger charge is -2.12. The highest BCUT2D eigenvalue weighted by Gasteiger charge is 2.33. The Morgan fingerprint density at radius 2 is 2.00 bits per heavy atom. The summed E-state index contributed by atoms with van der Waals surface area (Å²) in [5.41, 5.74) is 1.22. The lowest BCUT2D eigenvalue weighted by atomic mass is 10.2. The van der Waals surface area contributed by atoms with E-state index in [-0.39, 0.29) is 0 Å². The SMILES string of the molecule is CN=C(NCc1ccc(OCCCN(C)C)cc1)NC1CC1C. The lowest BCUT2D eigenvalue weighted by molar-refractivity contribution is 0.281. The fourth-order valence-corrected chi connectivity index (χ4v) is 2.35. The van der Waals surface area contributed by atoms with E-state index in [9.17, 15) is 0 Å². The maximum Gasteiger partial charge on any atom is 0.191 e. The van der Waals surface area contributed by atoms with Crippen LogP contribution in [-0.4, -0.2) is 51.2 Å². The van der Waals surface area contributed by atoms with Gasteiger partial charge in [0.25, 0.3) is 0 Å². The van der Waals surface area contributed by atoms with Gasteiger partial charge in [-0.3, -0.25) is 4.99 Å². The quantitative estimate of drug-likeness (QED) is 0.438. The summed E-state index contributed by atoms with van der Waals surface area (Å²) in [6.45, 7) is 4.82. The molecule has 0 saturated heterocycles. The number of hydrogen-bond donors (Lipinski definition) is 2. The molecular weight excluding hydrogens is 288 g/mol. The maximum absolute atomic E-state index is 5.75. The van der Waals surface area contributed by atoms with E-state index >= 15 is 0 Å². The zero-order valence-corrected chi connectivity index (χ0v) is 14.8. The number of nitrogens with one attached hydrogen (secondary N) is 2. The molecule has 1 saturated carbocycles. The highest BCUT2D eigenvalue weighted by atomic mass is 16.5. The van der Waals surface area contributed by atoms with Crippen LogP contribution < -0.4 is 15.4 Å². The van der Waals surface area contributed by atoms with E-state index < -0.39 is 0 Å². The van der Waals surface area contributed by atoms with Gasteiger partial charge in [-0.25, -0.2) is 0 Å². The number of nitrogens with zero attached hydrogens (tertiary/aromatic N) is 2. The summed E-state index contributed by atoms with van der Waals surface area (Å²) in [6, 6.07) is 8.85. The van der Waals surface area contributed by atoms with Crippen molar-refractivity contribution < 1.29 is 4.74 Å². The van der Waals surface area contributed by atoms with Crippen LogP contribution in [0, 0.1) is 5.92 Å². The smallest absolute Gasteiger partial charge is 0.191 e. The predicted molar refractivity (Wildman–Crippen MR) is 96.0 cm³/mol. The van der Waals surface area contributed by atoms with E-state index in [0.717, 1.165) is 43.7 Å². The first-order valence-electron chi connectivity index (χ1n) is 8.42. The molecule has 0 spiro atoms. The summed E-state index contributed by atoms with van der Waals surface area (Å²) < 4.78 is 5.75. The van der Waals surface area contributed by atoms with E-state index in [2.05, 4.69) is 53.7 Å². The molecule has 5 heteroatoms. The summed E-state index contributed by atoms with van der Waals surface area (Å²) in [5, 5.41) is 6.78. The van der Waals surface area contributed by atoms with Gasteiger partial charge >= 0.3 is 0 Å². The van der Waals surface area contributed by atoms with Gasteiger partial charge in [0, 0.05) is 26.2 Å². The lowest BCUT2D eigenvalue weighted by Crippen LogP contribution is -2.38. The molecule has 2 N–H and O–H groups in total. The van der Waals surface area contributed by atoms with Crippen molar-refractivity contribution in [2.24, 2.45) is 10.9 Å². The van der Waals surface area contributed by atoms with Crippen LogP contribution in [0.25, 0.3) is 0 Å². The Balaban J connectivity index is 1.69. The Bertz CT molecular complexity index is 498. The average molecular weight is 318 g/mol. The first-order valence-corrected chi connectivity index (χ1v) is 8.42. The van der Waals surface area contributed by atoms with E-state index in [1.807, 2.05) is 19.2 Å². The second-order valence-corrected chi connectivity index (χ2v) is 6.54. The van der Waals surface area contributed by atoms with Crippen LogP contribution in [0.2, 0.25) is 0 Å². The molecule has 0 radical (unpaired) electrons. The van der Waals surface area contributed by atoms with Crippen molar-refractivity contribution >= 4 is 5.96 Å². The summed E-state index contributed by atoms with van der Waals surface area (Å²) in [5.74, 6) is 2.57. The molecule has 0 aliphatic heterocycles. The normalized spacial score (nSPS) is 20.5. The molecule has 128 valence electrons. The number of rotatable bonds is 8. The third-order valence-electron chi connectivity index (χ3n) is 4.06. The maximum atomic E-state index is 5.75. The van der Waals surface area contributed by atoms with Gasteiger partial charge in [0.2, 0.25) is 0 Å². The number of aliphatic imine (C=N–C) groups is 1. The fraction of sp³-hybridized carbons (Fsp3) is 0.611. The zero-order chi connectivity index (χ0) is 16.7. The standard InChI is InChI=1S/C18H30N4O/c1-14-12-17(14)21-18(19-2)20-13-15-6-8-16(9-7-15)23-11-5-10-22(3)4/h6-9,14,17H,5,10-13H2,1-4H3,(H2,19,20,21). The van der Waals surface area contributed by atoms with Gasteiger partial charge in [0.1, 0.15) is 5.75 Å². The van der Waals surface area contributed by atoms with Crippen molar-refractivity contribution in [3.05, 3.63) is 29.8 Å². The Kier molecular flexibility index (Phi) is 6.71. The molecule has 0 amide bonds. The van der Waals surface area contributed by atoms with Crippen molar-refractivity contribution in [1.82, 2.24) is 15.5 Å². The van der Waals surface area contributed by atoms with Crippen LogP contribution in [0.1, 0.15) is 25.3 Å². The van der Waals surface area contributed by atoms with Crippen LogP contribution in [0.5, 0.6) is 5.75 Å². The van der Waals surface area contributed by atoms with Crippen molar-refractivity contribution in [1.29, 1.82) is 0 Å². The second-order valence-electron chi connectivity index (χ2n) is 6.54. The van der Waals surface area contributed by atoms with Crippen LogP contribution in [-0.2, 0) is 6.54 Å². The molecule has 1 aliphatic rings. The molecule has 0 heterocycles. The summed E-state index contributed by atoms with van der Waals surface area (Å²) in [6.07, 6.45) is 2.28. The molecule has 0 bridgehead atoms. The van der Waals surface area contributed by atoms with Crippen LogP contribution in [0.15, 0.2) is 29.3 Å². The van der Waals surface area contributed by atoms with Crippen molar-refractivity contribution in [2.75, 3.05) is 34.3 Å². The minimum absolute atomic E-state index is 0.583. The average Bonchev–Trinajstić information content (AvgIpc) is 3.24. The van der Waals surface area contributed by atoms with Gasteiger partial charge in [0.05, 0.1) is 6.61 Å². The van der Waals surface area contributed by atoms with Crippen molar-refractivity contribution in [3.8, 4) is 5.75 Å². The Morgan fingerprint density at radius 1 is 1.30 bits per heavy atom. The van der Waals surface area contributed by atoms with Gasteiger partial charge < -0.3 is 20.3 Å². The third-order valence-corrected chi connectivity index (χ3v) is 4.06. The molecule has 1 aromatic rings. The Labute approximate surface area is 140 Å². The third kappa shape index (κ3) is 6.48. The summed E-state index contributed by atoms with van der Waals surface area (Å²) >= 11 is 0. The predicted octanol–water partition coefficient (Wildman–Crippen LogP) is 2.09. The fourth-order valence-electron chi connectivity index (χ4n) is 2.35. The van der Waals surface area contributed by atoms with Crippen molar-refractivity contribution in [2.45, 2.75) is 32.4 Å². The molecule has 2 unspecified atom stereocenters. The highest BCUT2D eigenvalue weighted by Crippen LogP contribution is 2.28. The van der Waals surface area contributed by atoms with Gasteiger partial charge in [-0.05, 0) is 50.6 Å². The van der Waals surface area contributed by atoms with Gasteiger partial charge in [0.15, 0.2) is 5.96 Å². The molecule has 1 aliphatic carbocycles. The number of benzene rings is 1. The monoisotopic (exact) mass is 318 g/mol.